The van der Waals surface area contributed by atoms with Crippen LogP contribution in [0.25, 0.3) is 6.08 Å². The number of benzene rings is 2. The van der Waals surface area contributed by atoms with Crippen LogP contribution in [0.15, 0.2) is 48.5 Å². The van der Waals surface area contributed by atoms with Crippen LogP contribution in [0.4, 0.5) is 4.39 Å². The minimum atomic E-state index is -0.273. The Hall–Kier alpha value is -2.46. The van der Waals surface area contributed by atoms with Gasteiger partial charge in [0.05, 0.1) is 6.04 Å². The molecule has 0 saturated carbocycles. The number of amides is 1. The van der Waals surface area contributed by atoms with Gasteiger partial charge < -0.3 is 10.2 Å². The number of hydrogen-bond donors (Lipinski definition) is 1. The number of carbonyl (C=O) groups is 1. The monoisotopic (exact) mass is 340 g/mol. The van der Waals surface area contributed by atoms with Gasteiger partial charge in [-0.1, -0.05) is 35.9 Å². The number of carbonyl (C=O) groups excluding carboxylic acids is 1. The summed E-state index contributed by atoms with van der Waals surface area (Å²) in [6.45, 7) is 4.48. The summed E-state index contributed by atoms with van der Waals surface area (Å²) in [7, 11) is 3.82. The van der Waals surface area contributed by atoms with E-state index in [-0.39, 0.29) is 17.8 Å². The van der Waals surface area contributed by atoms with Gasteiger partial charge in [0.25, 0.3) is 0 Å². The molecule has 0 fully saturated rings. The van der Waals surface area contributed by atoms with E-state index in [4.69, 9.17) is 0 Å². The average Bonchev–Trinajstić information content (AvgIpc) is 2.54. The van der Waals surface area contributed by atoms with Crippen LogP contribution in [-0.2, 0) is 4.79 Å². The van der Waals surface area contributed by atoms with Crippen LogP contribution in [-0.4, -0.2) is 31.4 Å². The molecule has 1 atom stereocenters. The highest BCUT2D eigenvalue weighted by Crippen LogP contribution is 2.18. The minimum absolute atomic E-state index is 0.0887. The zero-order valence-electron chi connectivity index (χ0n) is 15.2. The molecule has 2 aromatic carbocycles. The van der Waals surface area contributed by atoms with E-state index >= 15 is 0 Å². The predicted octanol–water partition coefficient (Wildman–Crippen LogP) is 3.87. The van der Waals surface area contributed by atoms with Gasteiger partial charge in [0.2, 0.25) is 5.91 Å². The summed E-state index contributed by atoms with van der Waals surface area (Å²) in [5.41, 5.74) is 4.19. The molecule has 0 aliphatic heterocycles. The highest BCUT2D eigenvalue weighted by atomic mass is 19.1. The third kappa shape index (κ3) is 5.54. The van der Waals surface area contributed by atoms with E-state index in [0.29, 0.717) is 6.54 Å². The second-order valence-corrected chi connectivity index (χ2v) is 6.47. The Balaban J connectivity index is 2.00. The van der Waals surface area contributed by atoms with Gasteiger partial charge in [0, 0.05) is 12.6 Å². The molecule has 0 bridgehead atoms. The summed E-state index contributed by atoms with van der Waals surface area (Å²) in [5, 5.41) is 2.89. The average molecular weight is 340 g/mol. The van der Waals surface area contributed by atoms with Crippen molar-refractivity contribution in [2.75, 3.05) is 20.6 Å². The number of aryl methyl sites for hydroxylation is 2. The zero-order chi connectivity index (χ0) is 18.4. The highest BCUT2D eigenvalue weighted by molar-refractivity contribution is 5.91. The molecule has 1 N–H and O–H groups in total. The number of rotatable bonds is 6. The number of nitrogens with one attached hydrogen (secondary N) is 1. The van der Waals surface area contributed by atoms with Crippen LogP contribution in [0, 0.1) is 19.7 Å². The molecule has 25 heavy (non-hydrogen) atoms. The van der Waals surface area contributed by atoms with Crippen LogP contribution < -0.4 is 5.32 Å². The summed E-state index contributed by atoms with van der Waals surface area (Å²) >= 11 is 0. The molecule has 0 spiro atoms. The molecule has 0 aliphatic carbocycles. The van der Waals surface area contributed by atoms with Crippen LogP contribution in [0.2, 0.25) is 0 Å². The van der Waals surface area contributed by atoms with Crippen molar-refractivity contribution in [2.24, 2.45) is 0 Å². The number of likely N-dealkylation sites (N-methyl/N-ethyl adjacent to an activating group) is 1. The van der Waals surface area contributed by atoms with Crippen molar-refractivity contribution < 1.29 is 9.18 Å². The van der Waals surface area contributed by atoms with E-state index in [1.165, 1.54) is 23.8 Å². The molecule has 4 heteroatoms. The van der Waals surface area contributed by atoms with E-state index in [1.807, 2.05) is 57.1 Å². The molecular formula is C21H25FN2O. The fraction of sp³-hybridized carbons (Fsp3) is 0.286. The minimum Gasteiger partial charge on any atom is -0.351 e. The molecule has 1 amide bonds. The lowest BCUT2D eigenvalue weighted by Gasteiger charge is -2.25. The van der Waals surface area contributed by atoms with Gasteiger partial charge in [0.15, 0.2) is 0 Å². The van der Waals surface area contributed by atoms with Crippen LogP contribution in [0.5, 0.6) is 0 Å². The second-order valence-electron chi connectivity index (χ2n) is 6.47. The Labute approximate surface area is 149 Å². The first kappa shape index (κ1) is 18.9. The van der Waals surface area contributed by atoms with Crippen LogP contribution >= 0.6 is 0 Å². The van der Waals surface area contributed by atoms with Crippen LogP contribution in [0.3, 0.4) is 0 Å². The molecule has 0 aromatic heterocycles. The summed E-state index contributed by atoms with van der Waals surface area (Å²) < 4.78 is 13.4. The number of nitrogens with zero attached hydrogens (tertiary/aromatic N) is 1. The maximum atomic E-state index is 13.4. The molecular weight excluding hydrogens is 315 g/mol. The van der Waals surface area contributed by atoms with E-state index < -0.39 is 0 Å². The van der Waals surface area contributed by atoms with Gasteiger partial charge in [0.1, 0.15) is 5.82 Å². The third-order valence-corrected chi connectivity index (χ3v) is 4.17. The zero-order valence-corrected chi connectivity index (χ0v) is 15.2. The van der Waals surface area contributed by atoms with Crippen molar-refractivity contribution in [3.05, 3.63) is 76.6 Å². The van der Waals surface area contributed by atoms with Crippen molar-refractivity contribution in [1.29, 1.82) is 0 Å². The van der Waals surface area contributed by atoms with Crippen LogP contribution in [0.1, 0.15) is 28.3 Å². The molecule has 1 unspecified atom stereocenters. The number of hydrogen-bond acceptors (Lipinski definition) is 2. The lowest BCUT2D eigenvalue weighted by molar-refractivity contribution is -0.116. The largest absolute Gasteiger partial charge is 0.351 e. The van der Waals surface area contributed by atoms with Crippen molar-refractivity contribution in [2.45, 2.75) is 19.9 Å². The van der Waals surface area contributed by atoms with Gasteiger partial charge in [-0.05, 0) is 62.8 Å². The smallest absolute Gasteiger partial charge is 0.244 e. The first-order chi connectivity index (χ1) is 11.9. The van der Waals surface area contributed by atoms with E-state index in [2.05, 4.69) is 11.4 Å². The third-order valence-electron chi connectivity index (χ3n) is 4.17. The highest BCUT2D eigenvalue weighted by Gasteiger charge is 2.15. The quantitative estimate of drug-likeness (QED) is 0.810. The van der Waals surface area contributed by atoms with Gasteiger partial charge >= 0.3 is 0 Å². The normalized spacial score (nSPS) is 12.6. The van der Waals surface area contributed by atoms with Gasteiger partial charge in [-0.3, -0.25) is 4.79 Å². The molecule has 2 rings (SSSR count). The Kier molecular flexibility index (Phi) is 6.48. The van der Waals surface area contributed by atoms with Gasteiger partial charge in [-0.2, -0.15) is 0 Å². The summed E-state index contributed by atoms with van der Waals surface area (Å²) in [4.78, 5) is 14.1. The Morgan fingerprint density at radius 1 is 1.20 bits per heavy atom. The Bertz CT molecular complexity index is 768. The lowest BCUT2D eigenvalue weighted by Crippen LogP contribution is -2.33. The van der Waals surface area contributed by atoms with E-state index in [9.17, 15) is 9.18 Å². The summed E-state index contributed by atoms with van der Waals surface area (Å²) in [6, 6.07) is 12.5. The molecule has 0 saturated heterocycles. The Morgan fingerprint density at radius 2 is 1.96 bits per heavy atom. The molecule has 0 radical (unpaired) electrons. The SMILES string of the molecule is Cc1ccc(/C=C/C(=O)NCC(c2cccc(F)c2)N(C)C)c(C)c1. The summed E-state index contributed by atoms with van der Waals surface area (Å²) in [6.07, 6.45) is 3.35. The van der Waals surface area contributed by atoms with E-state index in [0.717, 1.165) is 16.7 Å². The predicted molar refractivity (Wildman–Crippen MR) is 101 cm³/mol. The standard InChI is InChI=1S/C21H25FN2O/c1-15-8-9-17(16(2)12-15)10-11-21(25)23-14-20(24(3)4)18-6-5-7-19(22)13-18/h5-13,20H,14H2,1-4H3,(H,23,25)/b11-10+. The molecule has 0 heterocycles. The fourth-order valence-corrected chi connectivity index (χ4v) is 2.75. The molecule has 0 aliphatic rings. The molecule has 132 valence electrons. The number of halogens is 1. The maximum absolute atomic E-state index is 13.4. The Morgan fingerprint density at radius 3 is 2.60 bits per heavy atom. The first-order valence-electron chi connectivity index (χ1n) is 8.32. The molecule has 3 nitrogen and oxygen atoms in total. The van der Waals surface area contributed by atoms with Gasteiger partial charge in [-0.25, -0.2) is 4.39 Å². The first-order valence-corrected chi connectivity index (χ1v) is 8.32. The van der Waals surface area contributed by atoms with Crippen molar-refractivity contribution in [3.63, 3.8) is 0 Å². The second kappa shape index (κ2) is 8.58. The lowest BCUT2D eigenvalue weighted by atomic mass is 10.1. The molecule has 2 aromatic rings. The maximum Gasteiger partial charge on any atom is 0.244 e. The summed E-state index contributed by atoms with van der Waals surface area (Å²) in [5.74, 6) is -0.436. The van der Waals surface area contributed by atoms with Gasteiger partial charge in [-0.15, -0.1) is 0 Å². The van der Waals surface area contributed by atoms with Crippen molar-refractivity contribution in [1.82, 2.24) is 10.2 Å². The van der Waals surface area contributed by atoms with Crippen molar-refractivity contribution >= 4 is 12.0 Å². The van der Waals surface area contributed by atoms with Crippen molar-refractivity contribution in [3.8, 4) is 0 Å². The van der Waals surface area contributed by atoms with E-state index in [1.54, 1.807) is 6.07 Å². The topological polar surface area (TPSA) is 32.3 Å². The fourth-order valence-electron chi connectivity index (χ4n) is 2.75.